The van der Waals surface area contributed by atoms with Crippen LogP contribution < -0.4 is 0 Å². The molecule has 0 amide bonds. The van der Waals surface area contributed by atoms with Gasteiger partial charge in [-0.3, -0.25) is 5.10 Å². The van der Waals surface area contributed by atoms with Gasteiger partial charge in [-0.1, -0.05) is 29.3 Å². The number of hydrogen-bond donors (Lipinski definition) is 1. The predicted octanol–water partition coefficient (Wildman–Crippen LogP) is 4.51. The summed E-state index contributed by atoms with van der Waals surface area (Å²) >= 11 is 13.5. The van der Waals surface area contributed by atoms with Gasteiger partial charge in [0.25, 0.3) is 0 Å². The van der Waals surface area contributed by atoms with Gasteiger partial charge in [0.1, 0.15) is 0 Å². The van der Waals surface area contributed by atoms with E-state index in [1.807, 2.05) is 23.6 Å². The third-order valence-electron chi connectivity index (χ3n) is 2.42. The minimum atomic E-state index is 0.497. The predicted molar refractivity (Wildman–Crippen MR) is 75.2 cm³/mol. The van der Waals surface area contributed by atoms with E-state index in [2.05, 4.69) is 15.2 Å². The number of thiophene rings is 1. The van der Waals surface area contributed by atoms with E-state index >= 15 is 0 Å². The Bertz CT molecular complexity index is 676. The molecule has 3 nitrogen and oxygen atoms in total. The summed E-state index contributed by atoms with van der Waals surface area (Å²) in [6, 6.07) is 9.30. The van der Waals surface area contributed by atoms with E-state index in [1.54, 1.807) is 23.5 Å². The lowest BCUT2D eigenvalue weighted by atomic mass is 10.2. The number of nitrogens with one attached hydrogen (secondary N) is 1. The van der Waals surface area contributed by atoms with Crippen molar-refractivity contribution >= 4 is 34.5 Å². The maximum absolute atomic E-state index is 5.97. The van der Waals surface area contributed by atoms with Crippen LogP contribution in [0.3, 0.4) is 0 Å². The second-order valence-electron chi connectivity index (χ2n) is 3.61. The van der Waals surface area contributed by atoms with Gasteiger partial charge < -0.3 is 0 Å². The summed E-state index contributed by atoms with van der Waals surface area (Å²) in [5.74, 6) is 1.36. The minimum Gasteiger partial charge on any atom is -0.258 e. The third kappa shape index (κ3) is 2.14. The first kappa shape index (κ1) is 11.7. The van der Waals surface area contributed by atoms with Gasteiger partial charge in [-0.2, -0.15) is 5.10 Å². The topological polar surface area (TPSA) is 41.6 Å². The first-order valence-corrected chi connectivity index (χ1v) is 6.79. The lowest BCUT2D eigenvalue weighted by molar-refractivity contribution is 1.10. The normalized spacial score (nSPS) is 10.8. The summed E-state index contributed by atoms with van der Waals surface area (Å²) in [5.41, 5.74) is 0.837. The van der Waals surface area contributed by atoms with Gasteiger partial charge in [-0.25, -0.2) is 4.98 Å². The van der Waals surface area contributed by atoms with E-state index < -0.39 is 0 Å². The minimum absolute atomic E-state index is 0.497. The van der Waals surface area contributed by atoms with E-state index in [4.69, 9.17) is 23.2 Å². The summed E-state index contributed by atoms with van der Waals surface area (Å²) in [7, 11) is 0. The summed E-state index contributed by atoms with van der Waals surface area (Å²) in [4.78, 5) is 5.49. The molecule has 3 aromatic rings. The maximum Gasteiger partial charge on any atom is 0.181 e. The Morgan fingerprint density at radius 2 is 2.00 bits per heavy atom. The third-order valence-corrected chi connectivity index (χ3v) is 4.03. The molecule has 6 heteroatoms. The first-order valence-electron chi connectivity index (χ1n) is 5.16. The Morgan fingerprint density at radius 1 is 1.11 bits per heavy atom. The monoisotopic (exact) mass is 295 g/mol. The highest BCUT2D eigenvalue weighted by Crippen LogP contribution is 2.28. The fourth-order valence-corrected chi connectivity index (χ4v) is 2.51. The van der Waals surface area contributed by atoms with Crippen molar-refractivity contribution in [2.24, 2.45) is 0 Å². The SMILES string of the molecule is Clc1ccc(-c2n[nH]c(-c3cccs3)n2)cc1Cl. The van der Waals surface area contributed by atoms with Crippen molar-refractivity contribution in [3.8, 4) is 22.1 Å². The molecule has 0 saturated heterocycles. The zero-order valence-electron chi connectivity index (χ0n) is 9.02. The van der Waals surface area contributed by atoms with Crippen LogP contribution in [0.5, 0.6) is 0 Å². The van der Waals surface area contributed by atoms with E-state index in [1.165, 1.54) is 0 Å². The smallest absolute Gasteiger partial charge is 0.181 e. The Labute approximate surface area is 117 Å². The number of H-pyrrole nitrogens is 1. The summed E-state index contributed by atoms with van der Waals surface area (Å²) in [6.07, 6.45) is 0. The van der Waals surface area contributed by atoms with Crippen LogP contribution in [0.4, 0.5) is 0 Å². The van der Waals surface area contributed by atoms with Gasteiger partial charge in [0.05, 0.1) is 14.9 Å². The standard InChI is InChI=1S/C12H7Cl2N3S/c13-8-4-3-7(6-9(8)14)11-15-12(17-16-11)10-2-1-5-18-10/h1-6H,(H,15,16,17). The zero-order valence-corrected chi connectivity index (χ0v) is 11.4. The molecular weight excluding hydrogens is 289 g/mol. The number of aromatic nitrogens is 3. The van der Waals surface area contributed by atoms with Gasteiger partial charge in [0, 0.05) is 5.56 Å². The van der Waals surface area contributed by atoms with Gasteiger partial charge in [-0.05, 0) is 29.6 Å². The fraction of sp³-hybridized carbons (Fsp3) is 0. The van der Waals surface area contributed by atoms with E-state index in [0.717, 1.165) is 16.3 Å². The van der Waals surface area contributed by atoms with Crippen molar-refractivity contribution in [1.82, 2.24) is 15.2 Å². The van der Waals surface area contributed by atoms with Crippen LogP contribution >= 0.6 is 34.5 Å². The van der Waals surface area contributed by atoms with Crippen molar-refractivity contribution in [2.75, 3.05) is 0 Å². The van der Waals surface area contributed by atoms with E-state index in [-0.39, 0.29) is 0 Å². The van der Waals surface area contributed by atoms with Crippen LogP contribution in [0, 0.1) is 0 Å². The van der Waals surface area contributed by atoms with Crippen LogP contribution in [0.25, 0.3) is 22.1 Å². The van der Waals surface area contributed by atoms with Crippen molar-refractivity contribution in [2.45, 2.75) is 0 Å². The van der Waals surface area contributed by atoms with Crippen molar-refractivity contribution in [1.29, 1.82) is 0 Å². The summed E-state index contributed by atoms with van der Waals surface area (Å²) < 4.78 is 0. The van der Waals surface area contributed by atoms with E-state index in [9.17, 15) is 0 Å². The van der Waals surface area contributed by atoms with Crippen LogP contribution in [0.1, 0.15) is 0 Å². The number of rotatable bonds is 2. The molecule has 3 rings (SSSR count). The Kier molecular flexibility index (Phi) is 3.07. The molecule has 1 N–H and O–H groups in total. The number of hydrogen-bond acceptors (Lipinski definition) is 3. The lowest BCUT2D eigenvalue weighted by Crippen LogP contribution is -1.81. The number of nitrogens with zero attached hydrogens (tertiary/aromatic N) is 2. The van der Waals surface area contributed by atoms with Crippen LogP contribution in [-0.2, 0) is 0 Å². The van der Waals surface area contributed by atoms with Gasteiger partial charge in [0.2, 0.25) is 0 Å². The lowest BCUT2D eigenvalue weighted by Gasteiger charge is -1.97. The molecular formula is C12H7Cl2N3S. The van der Waals surface area contributed by atoms with Gasteiger partial charge >= 0.3 is 0 Å². The molecule has 0 aliphatic heterocycles. The number of benzene rings is 1. The molecule has 0 atom stereocenters. The average Bonchev–Trinajstić information content (AvgIpc) is 3.01. The van der Waals surface area contributed by atoms with Gasteiger partial charge in [0.15, 0.2) is 11.6 Å². The van der Waals surface area contributed by atoms with Crippen molar-refractivity contribution in [3.05, 3.63) is 45.8 Å². The molecule has 0 saturated carbocycles. The molecule has 0 aliphatic carbocycles. The molecule has 0 radical (unpaired) electrons. The fourth-order valence-electron chi connectivity index (χ4n) is 1.55. The molecule has 90 valence electrons. The molecule has 0 aliphatic rings. The Balaban J connectivity index is 2.00. The van der Waals surface area contributed by atoms with E-state index in [0.29, 0.717) is 15.9 Å². The van der Waals surface area contributed by atoms with Crippen LogP contribution in [0.2, 0.25) is 10.0 Å². The molecule has 0 spiro atoms. The maximum atomic E-state index is 5.97. The highest BCUT2D eigenvalue weighted by Gasteiger charge is 2.09. The van der Waals surface area contributed by atoms with Crippen LogP contribution in [-0.4, -0.2) is 15.2 Å². The highest BCUT2D eigenvalue weighted by molar-refractivity contribution is 7.13. The number of halogens is 2. The quantitative estimate of drug-likeness (QED) is 0.756. The molecule has 0 bridgehead atoms. The second kappa shape index (κ2) is 4.72. The molecule has 2 heterocycles. The molecule has 0 fully saturated rings. The molecule has 1 aromatic carbocycles. The highest BCUT2D eigenvalue weighted by atomic mass is 35.5. The second-order valence-corrected chi connectivity index (χ2v) is 5.38. The van der Waals surface area contributed by atoms with Gasteiger partial charge in [-0.15, -0.1) is 11.3 Å². The van der Waals surface area contributed by atoms with Crippen molar-refractivity contribution in [3.63, 3.8) is 0 Å². The molecule has 0 unspecified atom stereocenters. The largest absolute Gasteiger partial charge is 0.258 e. The van der Waals surface area contributed by atoms with Crippen molar-refractivity contribution < 1.29 is 0 Å². The summed E-state index contributed by atoms with van der Waals surface area (Å²) in [6.45, 7) is 0. The molecule has 18 heavy (non-hydrogen) atoms. The van der Waals surface area contributed by atoms with Crippen LogP contribution in [0.15, 0.2) is 35.7 Å². The first-order chi connectivity index (χ1) is 8.74. The zero-order chi connectivity index (χ0) is 12.5. The molecule has 2 aromatic heterocycles. The Hall–Kier alpha value is -1.36. The number of aromatic amines is 1. The Morgan fingerprint density at radius 3 is 2.72 bits per heavy atom. The summed E-state index contributed by atoms with van der Waals surface area (Å²) in [5, 5.41) is 10.1. The average molecular weight is 296 g/mol.